The summed E-state index contributed by atoms with van der Waals surface area (Å²) >= 11 is 10.7. The molecule has 0 heterocycles. The molecule has 0 saturated heterocycles. The molecule has 0 aliphatic carbocycles. The number of hydrogen-bond acceptors (Lipinski definition) is 0. The van der Waals surface area contributed by atoms with Gasteiger partial charge in [0.15, 0.2) is 0 Å². The second-order valence-corrected chi connectivity index (χ2v) is 62.5. The lowest BCUT2D eigenvalue weighted by Gasteiger charge is -2.44. The van der Waals surface area contributed by atoms with Gasteiger partial charge in [0.1, 0.15) is 0 Å². The maximum Gasteiger partial charge on any atom is 0.00176 e. The van der Waals surface area contributed by atoms with Gasteiger partial charge in [0.2, 0.25) is 0 Å². The number of halogens is 4. The lowest BCUT2D eigenvalue weighted by molar-refractivity contribution is 0.715. The maximum atomic E-state index is 2.67. The van der Waals surface area contributed by atoms with Crippen molar-refractivity contribution >= 4 is 82.7 Å². The number of hydrogen-bond donors (Lipinski definition) is 1. The first kappa shape index (κ1) is 14.3. The number of thiol groups is 1. The largest absolute Gasteiger partial charge is 0.114 e. The van der Waals surface area contributed by atoms with Crippen LogP contribution in [0, 0.1) is 0 Å². The van der Waals surface area contributed by atoms with Crippen molar-refractivity contribution in [2.45, 2.75) is 38.4 Å². The molecule has 5 heteroatoms. The van der Waals surface area contributed by atoms with Crippen molar-refractivity contribution in [2.24, 2.45) is 0 Å². The standard InChI is InChI=1S/C6H14I4S/c1-3-4-5-6(2)11(7,8,9)10/h6,11H,3-5H2,1-2H3. The number of unbranched alkanes of at least 4 members (excludes halogenated alkanes) is 1. The van der Waals surface area contributed by atoms with Crippen LogP contribution < -0.4 is 0 Å². The highest BCUT2D eigenvalue weighted by atomic mass is 127. The molecule has 0 aromatic rings. The SMILES string of the molecule is CCCCC(C)[SH](I)(I)(I)I. The molecule has 0 aliphatic rings. The van der Waals surface area contributed by atoms with Crippen molar-refractivity contribution in [3.05, 3.63) is 0 Å². The van der Waals surface area contributed by atoms with Crippen LogP contribution in [0.5, 0.6) is 0 Å². The van der Waals surface area contributed by atoms with Gasteiger partial charge < -0.3 is 0 Å². The smallest absolute Gasteiger partial charge is 0.00176 e. The molecular formula is C6H14I4S. The van der Waals surface area contributed by atoms with E-state index in [1.807, 2.05) is 0 Å². The van der Waals surface area contributed by atoms with E-state index < -0.39 is -2.15 Å². The quantitative estimate of drug-likeness (QED) is 0.286. The van der Waals surface area contributed by atoms with E-state index >= 15 is 0 Å². The van der Waals surface area contributed by atoms with Gasteiger partial charge in [-0.2, -0.15) is 0 Å². The Morgan fingerprint density at radius 3 is 1.91 bits per heavy atom. The van der Waals surface area contributed by atoms with Gasteiger partial charge in [-0.05, 0) is 91.2 Å². The Bertz CT molecular complexity index is 119. The van der Waals surface area contributed by atoms with Crippen LogP contribution in [0.25, 0.3) is 0 Å². The summed E-state index contributed by atoms with van der Waals surface area (Å²) in [6.07, 6.45) is 4.11. The molecule has 0 spiro atoms. The third kappa shape index (κ3) is 7.23. The normalized spacial score (nSPS) is 18.9. The molecule has 72 valence electrons. The van der Waals surface area contributed by atoms with Crippen LogP contribution in [-0.2, 0) is 0 Å². The van der Waals surface area contributed by atoms with E-state index in [0.29, 0.717) is 0 Å². The summed E-state index contributed by atoms with van der Waals surface area (Å²) < 4.78 is -1.37. The van der Waals surface area contributed by atoms with Gasteiger partial charge in [0, 0.05) is 5.25 Å². The van der Waals surface area contributed by atoms with E-state index in [4.69, 9.17) is 0 Å². The summed E-state index contributed by atoms with van der Waals surface area (Å²) in [4.78, 5) is 0. The maximum absolute atomic E-state index is 2.67. The Hall–Kier alpha value is 3.27. The summed E-state index contributed by atoms with van der Waals surface area (Å²) in [6.45, 7) is 4.66. The minimum atomic E-state index is -1.37. The van der Waals surface area contributed by atoms with Crippen molar-refractivity contribution < 1.29 is 0 Å². The molecule has 1 unspecified atom stereocenters. The van der Waals surface area contributed by atoms with Gasteiger partial charge in [-0.15, -0.1) is -2.15 Å². The van der Waals surface area contributed by atoms with Gasteiger partial charge in [0.05, 0.1) is 0 Å². The molecule has 0 radical (unpaired) electrons. The van der Waals surface area contributed by atoms with Gasteiger partial charge in [-0.25, -0.2) is 0 Å². The van der Waals surface area contributed by atoms with Crippen molar-refractivity contribution in [3.8, 4) is 0 Å². The second-order valence-electron chi connectivity index (χ2n) is 2.76. The fraction of sp³-hybridized carbons (Fsp3) is 1.00. The van der Waals surface area contributed by atoms with Crippen molar-refractivity contribution in [3.63, 3.8) is 0 Å². The van der Waals surface area contributed by atoms with Crippen LogP contribution in [-0.4, -0.2) is 5.25 Å². The predicted octanol–water partition coefficient (Wildman–Crippen LogP) is 6.04. The second kappa shape index (κ2) is 5.38. The average Bonchev–Trinajstić information content (AvgIpc) is 1.78. The molecule has 0 N–H and O–H groups in total. The van der Waals surface area contributed by atoms with Crippen LogP contribution in [0.1, 0.15) is 33.1 Å². The predicted molar refractivity (Wildman–Crippen MR) is 94.1 cm³/mol. The molecule has 0 aromatic heterocycles. The van der Waals surface area contributed by atoms with E-state index in [1.54, 1.807) is 0 Å². The summed E-state index contributed by atoms with van der Waals surface area (Å²) in [7, 11) is 0. The zero-order valence-corrected chi connectivity index (χ0v) is 16.2. The molecule has 0 aromatic carbocycles. The minimum Gasteiger partial charge on any atom is -0.114 e. The Labute approximate surface area is 118 Å². The molecule has 0 aliphatic heterocycles. The van der Waals surface area contributed by atoms with Gasteiger partial charge in [-0.1, -0.05) is 26.7 Å². The van der Waals surface area contributed by atoms with Crippen LogP contribution in [0.3, 0.4) is 0 Å². The number of rotatable bonds is 4. The van der Waals surface area contributed by atoms with E-state index in [2.05, 4.69) is 98.7 Å². The first-order chi connectivity index (χ1) is 4.74. The lowest BCUT2D eigenvalue weighted by Crippen LogP contribution is -2.05. The molecule has 0 rings (SSSR count). The summed E-state index contributed by atoms with van der Waals surface area (Å²) in [6, 6.07) is 0. The van der Waals surface area contributed by atoms with Gasteiger partial charge in [0.25, 0.3) is 0 Å². The van der Waals surface area contributed by atoms with Crippen LogP contribution >= 0.6 is 82.7 Å². The van der Waals surface area contributed by atoms with E-state index in [0.717, 1.165) is 5.25 Å². The summed E-state index contributed by atoms with van der Waals surface area (Å²) in [5.74, 6) is 0. The molecular weight excluding hydrogens is 612 g/mol. The third-order valence-corrected chi connectivity index (χ3v) is 14.6. The third-order valence-electron chi connectivity index (χ3n) is 1.64. The van der Waals surface area contributed by atoms with Gasteiger partial charge >= 0.3 is 0 Å². The van der Waals surface area contributed by atoms with Gasteiger partial charge in [-0.3, -0.25) is 0 Å². The zero-order valence-electron chi connectivity index (χ0n) is 6.66. The molecule has 0 fully saturated rings. The zero-order chi connectivity index (χ0) is 9.15. The van der Waals surface area contributed by atoms with Crippen LogP contribution in [0.2, 0.25) is 0 Å². The molecule has 0 amide bonds. The van der Waals surface area contributed by atoms with Crippen LogP contribution in [0.15, 0.2) is 0 Å². The fourth-order valence-electron chi connectivity index (χ4n) is 0.695. The molecule has 1 atom stereocenters. The topological polar surface area (TPSA) is 0 Å². The Balaban J connectivity index is 3.93. The van der Waals surface area contributed by atoms with Crippen molar-refractivity contribution in [1.82, 2.24) is 0 Å². The minimum absolute atomic E-state index is 0.892. The van der Waals surface area contributed by atoms with E-state index in [-0.39, 0.29) is 0 Å². The summed E-state index contributed by atoms with van der Waals surface area (Å²) in [5, 5.41) is 0.892. The molecule has 0 bridgehead atoms. The highest BCUT2D eigenvalue weighted by Gasteiger charge is 2.33. The lowest BCUT2D eigenvalue weighted by atomic mass is 10.2. The van der Waals surface area contributed by atoms with E-state index in [9.17, 15) is 0 Å². The Kier molecular flexibility index (Phi) is 6.98. The van der Waals surface area contributed by atoms with Crippen molar-refractivity contribution in [2.75, 3.05) is 0 Å². The van der Waals surface area contributed by atoms with Crippen molar-refractivity contribution in [1.29, 1.82) is 0 Å². The fourth-order valence-corrected chi connectivity index (χ4v) is 4.61. The first-order valence-corrected chi connectivity index (χ1v) is 17.1. The average molecular weight is 626 g/mol. The highest BCUT2D eigenvalue weighted by Crippen LogP contribution is 2.98. The monoisotopic (exact) mass is 626 g/mol. The molecule has 11 heavy (non-hydrogen) atoms. The summed E-state index contributed by atoms with van der Waals surface area (Å²) in [5.41, 5.74) is 0. The highest BCUT2D eigenvalue weighted by molar-refractivity contribution is 14.6. The molecule has 0 nitrogen and oxygen atoms in total. The molecule has 0 saturated carbocycles. The first-order valence-electron chi connectivity index (χ1n) is 3.63. The Morgan fingerprint density at radius 1 is 1.18 bits per heavy atom. The van der Waals surface area contributed by atoms with E-state index in [1.165, 1.54) is 19.3 Å². The van der Waals surface area contributed by atoms with Crippen LogP contribution in [0.4, 0.5) is 0 Å². The Morgan fingerprint density at radius 2 is 1.64 bits per heavy atom.